The first-order valence-electron chi connectivity index (χ1n) is 6.46. The number of carbonyl (C=O) groups is 1. The largest absolute Gasteiger partial charge is 0.481 e. The molecule has 0 amide bonds. The van der Waals surface area contributed by atoms with Crippen LogP contribution in [-0.4, -0.2) is 17.6 Å². The average molecular weight is 223 g/mol. The minimum Gasteiger partial charge on any atom is -0.481 e. The Bertz CT molecular complexity index is 325. The summed E-state index contributed by atoms with van der Waals surface area (Å²) in [6, 6.07) is 0. The Balaban J connectivity index is 2.06. The third-order valence-corrected chi connectivity index (χ3v) is 5.94. The quantitative estimate of drug-likeness (QED) is 0.751. The molecule has 0 aromatic rings. The Morgan fingerprint density at radius 2 is 1.88 bits per heavy atom. The van der Waals surface area contributed by atoms with E-state index in [-0.39, 0.29) is 11.3 Å². The molecule has 4 aliphatic rings. The summed E-state index contributed by atoms with van der Waals surface area (Å²) in [6.45, 7) is 2.81. The molecule has 3 N–H and O–H groups in total. The highest BCUT2D eigenvalue weighted by Crippen LogP contribution is 2.67. The van der Waals surface area contributed by atoms with Crippen molar-refractivity contribution >= 4 is 5.97 Å². The van der Waals surface area contributed by atoms with Crippen LogP contribution in [0.4, 0.5) is 0 Å². The van der Waals surface area contributed by atoms with Crippen molar-refractivity contribution in [2.75, 3.05) is 6.54 Å². The van der Waals surface area contributed by atoms with E-state index in [9.17, 15) is 9.90 Å². The van der Waals surface area contributed by atoms with Crippen LogP contribution in [0.25, 0.3) is 0 Å². The van der Waals surface area contributed by atoms with Crippen molar-refractivity contribution in [2.45, 2.75) is 39.0 Å². The molecular weight excluding hydrogens is 202 g/mol. The smallest absolute Gasteiger partial charge is 0.309 e. The molecule has 0 saturated heterocycles. The molecule has 90 valence electrons. The molecule has 3 nitrogen and oxygen atoms in total. The van der Waals surface area contributed by atoms with E-state index < -0.39 is 11.4 Å². The molecule has 0 spiro atoms. The molecule has 0 radical (unpaired) electrons. The number of aliphatic carboxylic acids is 1. The van der Waals surface area contributed by atoms with Gasteiger partial charge in [0.2, 0.25) is 0 Å². The average Bonchev–Trinajstić information content (AvgIpc) is 2.24. The standard InChI is InChI=1S/C13H21NO2/c1-8-12(7-14)3-9-2-10(4-12)6-13(8,5-9)11(15)16/h8-10H,2-7,14H2,1H3,(H,15,16). The van der Waals surface area contributed by atoms with Crippen LogP contribution in [0.15, 0.2) is 0 Å². The van der Waals surface area contributed by atoms with E-state index in [4.69, 9.17) is 5.73 Å². The fourth-order valence-electron chi connectivity index (χ4n) is 5.29. The molecule has 4 bridgehead atoms. The zero-order valence-electron chi connectivity index (χ0n) is 9.91. The molecule has 3 atom stereocenters. The number of carboxylic acid groups (broad SMARTS) is 1. The molecular formula is C13H21NO2. The molecule has 0 aromatic carbocycles. The number of hydrogen-bond donors (Lipinski definition) is 2. The van der Waals surface area contributed by atoms with Crippen LogP contribution >= 0.6 is 0 Å². The van der Waals surface area contributed by atoms with Crippen molar-refractivity contribution in [3.63, 3.8) is 0 Å². The van der Waals surface area contributed by atoms with Gasteiger partial charge in [0, 0.05) is 0 Å². The van der Waals surface area contributed by atoms with E-state index in [0.29, 0.717) is 18.4 Å². The Labute approximate surface area is 96.4 Å². The molecule has 0 aliphatic heterocycles. The monoisotopic (exact) mass is 223 g/mol. The predicted molar refractivity (Wildman–Crippen MR) is 60.8 cm³/mol. The zero-order chi connectivity index (χ0) is 11.6. The Hall–Kier alpha value is -0.570. The summed E-state index contributed by atoms with van der Waals surface area (Å²) in [5.74, 6) is 0.953. The second-order valence-corrected chi connectivity index (χ2v) is 6.53. The van der Waals surface area contributed by atoms with Gasteiger partial charge in [0.1, 0.15) is 0 Å². The lowest BCUT2D eigenvalue weighted by Crippen LogP contribution is -2.62. The maximum absolute atomic E-state index is 11.7. The molecule has 16 heavy (non-hydrogen) atoms. The number of rotatable bonds is 2. The van der Waals surface area contributed by atoms with Crippen molar-refractivity contribution in [1.82, 2.24) is 0 Å². The summed E-state index contributed by atoms with van der Waals surface area (Å²) < 4.78 is 0. The molecule has 4 aliphatic carbocycles. The van der Waals surface area contributed by atoms with Crippen molar-refractivity contribution in [2.24, 2.45) is 34.3 Å². The van der Waals surface area contributed by atoms with E-state index in [1.165, 1.54) is 19.3 Å². The molecule has 4 fully saturated rings. The van der Waals surface area contributed by atoms with Crippen molar-refractivity contribution in [3.05, 3.63) is 0 Å². The SMILES string of the molecule is CC1C2(CN)CC3CC(C2)CC1(C(=O)O)C3. The third kappa shape index (κ3) is 1.05. The highest BCUT2D eigenvalue weighted by atomic mass is 16.4. The van der Waals surface area contributed by atoms with E-state index >= 15 is 0 Å². The molecule has 0 heterocycles. The van der Waals surface area contributed by atoms with E-state index in [2.05, 4.69) is 6.92 Å². The topological polar surface area (TPSA) is 63.3 Å². The van der Waals surface area contributed by atoms with Crippen LogP contribution in [0.1, 0.15) is 39.0 Å². The van der Waals surface area contributed by atoms with Gasteiger partial charge in [-0.05, 0) is 61.8 Å². The molecule has 4 rings (SSSR count). The Kier molecular flexibility index (Phi) is 1.99. The van der Waals surface area contributed by atoms with Gasteiger partial charge in [0.25, 0.3) is 0 Å². The summed E-state index contributed by atoms with van der Waals surface area (Å²) in [7, 11) is 0. The first kappa shape index (κ1) is 10.6. The Morgan fingerprint density at radius 3 is 2.31 bits per heavy atom. The first-order chi connectivity index (χ1) is 7.52. The lowest BCUT2D eigenvalue weighted by Gasteiger charge is -2.64. The third-order valence-electron chi connectivity index (χ3n) is 5.94. The van der Waals surface area contributed by atoms with Crippen LogP contribution in [0.2, 0.25) is 0 Å². The molecule has 3 unspecified atom stereocenters. The second kappa shape index (κ2) is 3.00. The fraction of sp³-hybridized carbons (Fsp3) is 0.923. The summed E-state index contributed by atoms with van der Waals surface area (Å²) in [4.78, 5) is 11.7. The zero-order valence-corrected chi connectivity index (χ0v) is 9.91. The lowest BCUT2D eigenvalue weighted by atomic mass is 9.40. The number of carboxylic acids is 1. The van der Waals surface area contributed by atoms with Gasteiger partial charge in [-0.2, -0.15) is 0 Å². The van der Waals surface area contributed by atoms with Crippen molar-refractivity contribution in [1.29, 1.82) is 0 Å². The highest BCUT2D eigenvalue weighted by molar-refractivity contribution is 5.76. The summed E-state index contributed by atoms with van der Waals surface area (Å²) in [5, 5.41) is 9.62. The van der Waals surface area contributed by atoms with Crippen LogP contribution in [-0.2, 0) is 4.79 Å². The van der Waals surface area contributed by atoms with Crippen molar-refractivity contribution < 1.29 is 9.90 Å². The highest BCUT2D eigenvalue weighted by Gasteiger charge is 2.64. The maximum atomic E-state index is 11.7. The first-order valence-corrected chi connectivity index (χ1v) is 6.46. The second-order valence-electron chi connectivity index (χ2n) is 6.53. The van der Waals surface area contributed by atoms with Crippen LogP contribution < -0.4 is 5.73 Å². The van der Waals surface area contributed by atoms with Crippen molar-refractivity contribution in [3.8, 4) is 0 Å². The van der Waals surface area contributed by atoms with E-state index in [0.717, 1.165) is 12.8 Å². The van der Waals surface area contributed by atoms with E-state index in [1.807, 2.05) is 0 Å². The minimum absolute atomic E-state index is 0.141. The maximum Gasteiger partial charge on any atom is 0.309 e. The van der Waals surface area contributed by atoms with Gasteiger partial charge in [-0.25, -0.2) is 0 Å². The summed E-state index contributed by atoms with van der Waals surface area (Å²) in [6.07, 6.45) is 5.42. The molecule has 3 heteroatoms. The van der Waals surface area contributed by atoms with E-state index in [1.54, 1.807) is 0 Å². The van der Waals surface area contributed by atoms with Gasteiger partial charge in [0.15, 0.2) is 0 Å². The normalized spacial score (nSPS) is 54.2. The summed E-state index contributed by atoms with van der Waals surface area (Å²) >= 11 is 0. The lowest BCUT2D eigenvalue weighted by molar-refractivity contribution is -0.192. The van der Waals surface area contributed by atoms with Crippen LogP contribution in [0, 0.1) is 28.6 Å². The summed E-state index contributed by atoms with van der Waals surface area (Å²) in [5.41, 5.74) is 5.68. The molecule has 4 saturated carbocycles. The van der Waals surface area contributed by atoms with Gasteiger partial charge < -0.3 is 10.8 Å². The van der Waals surface area contributed by atoms with Gasteiger partial charge >= 0.3 is 5.97 Å². The van der Waals surface area contributed by atoms with Gasteiger partial charge in [-0.3, -0.25) is 4.79 Å². The Morgan fingerprint density at radius 1 is 1.31 bits per heavy atom. The van der Waals surface area contributed by atoms with Crippen LogP contribution in [0.3, 0.4) is 0 Å². The van der Waals surface area contributed by atoms with Gasteiger partial charge in [-0.15, -0.1) is 0 Å². The minimum atomic E-state index is -0.563. The van der Waals surface area contributed by atoms with Gasteiger partial charge in [0.05, 0.1) is 5.41 Å². The predicted octanol–water partition coefficient (Wildman–Crippen LogP) is 1.86. The van der Waals surface area contributed by atoms with Gasteiger partial charge in [-0.1, -0.05) is 6.92 Å². The molecule has 0 aromatic heterocycles. The fourth-order valence-corrected chi connectivity index (χ4v) is 5.29. The number of nitrogens with two attached hydrogens (primary N) is 1. The van der Waals surface area contributed by atoms with Crippen LogP contribution in [0.5, 0.6) is 0 Å². The number of hydrogen-bond acceptors (Lipinski definition) is 2.